The quantitative estimate of drug-likeness (QED) is 0.742. The Morgan fingerprint density at radius 3 is 2.75 bits per heavy atom. The van der Waals surface area contributed by atoms with E-state index in [1.165, 1.54) is 13.4 Å². The Labute approximate surface area is 116 Å². The predicted octanol–water partition coefficient (Wildman–Crippen LogP) is -0.625. The smallest absolute Gasteiger partial charge is 0.304 e. The minimum Gasteiger partial charge on any atom is -0.489 e. The SMILES string of the molecule is COc1c(N2CCN(CCC(=O)O)CC2)nc[nH]c1=O. The molecule has 8 heteroatoms. The molecule has 1 aliphatic rings. The van der Waals surface area contributed by atoms with Crippen molar-refractivity contribution in [3.8, 4) is 5.75 Å². The molecule has 1 fully saturated rings. The zero-order valence-electron chi connectivity index (χ0n) is 11.3. The Morgan fingerprint density at radius 2 is 2.15 bits per heavy atom. The third-order valence-electron chi connectivity index (χ3n) is 3.31. The number of nitrogens with zero attached hydrogens (tertiary/aromatic N) is 3. The first-order chi connectivity index (χ1) is 9.61. The van der Waals surface area contributed by atoms with Crippen LogP contribution >= 0.6 is 0 Å². The molecule has 8 nitrogen and oxygen atoms in total. The molecule has 0 bridgehead atoms. The van der Waals surface area contributed by atoms with E-state index in [2.05, 4.69) is 14.9 Å². The van der Waals surface area contributed by atoms with Crippen molar-refractivity contribution in [3.63, 3.8) is 0 Å². The van der Waals surface area contributed by atoms with Crippen LogP contribution in [-0.2, 0) is 4.79 Å². The molecule has 1 saturated heterocycles. The fourth-order valence-electron chi connectivity index (χ4n) is 2.22. The lowest BCUT2D eigenvalue weighted by Crippen LogP contribution is -2.47. The highest BCUT2D eigenvalue weighted by Crippen LogP contribution is 2.21. The Morgan fingerprint density at radius 1 is 1.45 bits per heavy atom. The summed E-state index contributed by atoms with van der Waals surface area (Å²) in [4.78, 5) is 32.9. The summed E-state index contributed by atoms with van der Waals surface area (Å²) in [5.74, 6) is -0.0361. The molecule has 110 valence electrons. The van der Waals surface area contributed by atoms with Gasteiger partial charge in [0, 0.05) is 32.7 Å². The van der Waals surface area contributed by atoms with E-state index in [1.54, 1.807) is 0 Å². The number of rotatable bonds is 5. The number of hydrogen-bond donors (Lipinski definition) is 2. The predicted molar refractivity (Wildman–Crippen MR) is 72.3 cm³/mol. The van der Waals surface area contributed by atoms with Crippen molar-refractivity contribution < 1.29 is 14.6 Å². The van der Waals surface area contributed by atoms with Crippen molar-refractivity contribution in [2.75, 3.05) is 44.7 Å². The van der Waals surface area contributed by atoms with Crippen molar-refractivity contribution in [2.24, 2.45) is 0 Å². The van der Waals surface area contributed by atoms with E-state index >= 15 is 0 Å². The molecule has 0 atom stereocenters. The van der Waals surface area contributed by atoms with Crippen LogP contribution in [0, 0.1) is 0 Å². The Balaban J connectivity index is 1.99. The van der Waals surface area contributed by atoms with Gasteiger partial charge >= 0.3 is 5.97 Å². The van der Waals surface area contributed by atoms with E-state index in [4.69, 9.17) is 9.84 Å². The van der Waals surface area contributed by atoms with Gasteiger partial charge in [-0.25, -0.2) is 4.98 Å². The highest BCUT2D eigenvalue weighted by atomic mass is 16.5. The lowest BCUT2D eigenvalue weighted by Gasteiger charge is -2.35. The number of hydrogen-bond acceptors (Lipinski definition) is 6. The molecular weight excluding hydrogens is 264 g/mol. The van der Waals surface area contributed by atoms with Gasteiger partial charge < -0.3 is 19.7 Å². The Kier molecular flexibility index (Phi) is 4.57. The maximum Gasteiger partial charge on any atom is 0.304 e. The standard InChI is InChI=1S/C12H18N4O4/c1-20-10-11(13-8-14-12(10)19)16-6-4-15(5-7-16)3-2-9(17)18/h8H,2-7H2,1H3,(H,17,18)(H,13,14,19). The minimum atomic E-state index is -0.787. The topological polar surface area (TPSA) is 98.8 Å². The number of anilines is 1. The number of aromatic amines is 1. The Hall–Kier alpha value is -2.09. The number of nitrogens with one attached hydrogen (secondary N) is 1. The van der Waals surface area contributed by atoms with E-state index in [0.717, 1.165) is 13.1 Å². The van der Waals surface area contributed by atoms with E-state index in [9.17, 15) is 9.59 Å². The zero-order valence-corrected chi connectivity index (χ0v) is 11.3. The van der Waals surface area contributed by atoms with Crippen molar-refractivity contribution in [1.29, 1.82) is 0 Å². The summed E-state index contributed by atoms with van der Waals surface area (Å²) in [6.07, 6.45) is 1.50. The third-order valence-corrected chi connectivity index (χ3v) is 3.31. The summed E-state index contributed by atoms with van der Waals surface area (Å²) in [5, 5.41) is 8.67. The monoisotopic (exact) mass is 282 g/mol. The van der Waals surface area contributed by atoms with Crippen molar-refractivity contribution >= 4 is 11.8 Å². The molecule has 20 heavy (non-hydrogen) atoms. The first-order valence-electron chi connectivity index (χ1n) is 6.42. The lowest BCUT2D eigenvalue weighted by atomic mass is 10.3. The van der Waals surface area contributed by atoms with Crippen molar-refractivity contribution in [1.82, 2.24) is 14.9 Å². The molecule has 0 unspecified atom stereocenters. The van der Waals surface area contributed by atoms with Gasteiger partial charge in [0.1, 0.15) is 0 Å². The molecule has 0 radical (unpaired) electrons. The van der Waals surface area contributed by atoms with Crippen LogP contribution in [0.2, 0.25) is 0 Å². The van der Waals surface area contributed by atoms with Gasteiger partial charge in [-0.2, -0.15) is 0 Å². The number of aromatic nitrogens is 2. The molecular formula is C12H18N4O4. The van der Waals surface area contributed by atoms with Gasteiger partial charge in [-0.1, -0.05) is 0 Å². The van der Waals surface area contributed by atoms with Crippen LogP contribution in [0.4, 0.5) is 5.82 Å². The highest BCUT2D eigenvalue weighted by molar-refractivity contribution is 5.66. The van der Waals surface area contributed by atoms with Gasteiger partial charge in [0.05, 0.1) is 19.9 Å². The Bertz CT molecular complexity index is 522. The average Bonchev–Trinajstić information content (AvgIpc) is 2.45. The second-order valence-corrected chi connectivity index (χ2v) is 4.56. The van der Waals surface area contributed by atoms with Gasteiger partial charge in [-0.15, -0.1) is 0 Å². The average molecular weight is 282 g/mol. The first kappa shape index (κ1) is 14.3. The molecule has 1 aromatic heterocycles. The third kappa shape index (κ3) is 3.27. The van der Waals surface area contributed by atoms with Crippen molar-refractivity contribution in [2.45, 2.75) is 6.42 Å². The zero-order chi connectivity index (χ0) is 14.5. The van der Waals surface area contributed by atoms with Crippen LogP contribution in [0.25, 0.3) is 0 Å². The highest BCUT2D eigenvalue weighted by Gasteiger charge is 2.22. The first-order valence-corrected chi connectivity index (χ1v) is 6.42. The summed E-state index contributed by atoms with van der Waals surface area (Å²) in [6.45, 7) is 3.40. The molecule has 2 N–H and O–H groups in total. The molecule has 0 saturated carbocycles. The molecule has 2 rings (SSSR count). The van der Waals surface area contributed by atoms with Crippen LogP contribution in [0.15, 0.2) is 11.1 Å². The van der Waals surface area contributed by atoms with E-state index in [-0.39, 0.29) is 17.7 Å². The number of ether oxygens (including phenoxy) is 1. The maximum atomic E-state index is 11.6. The van der Waals surface area contributed by atoms with Gasteiger partial charge in [0.15, 0.2) is 5.82 Å². The van der Waals surface area contributed by atoms with E-state index in [1.807, 2.05) is 4.90 Å². The fraction of sp³-hybridized carbons (Fsp3) is 0.583. The van der Waals surface area contributed by atoms with Gasteiger partial charge in [0.25, 0.3) is 5.56 Å². The second-order valence-electron chi connectivity index (χ2n) is 4.56. The number of aliphatic carboxylic acids is 1. The van der Waals surface area contributed by atoms with Crippen LogP contribution in [0.3, 0.4) is 0 Å². The molecule has 2 heterocycles. The number of carboxylic acid groups (broad SMARTS) is 1. The number of H-pyrrole nitrogens is 1. The largest absolute Gasteiger partial charge is 0.489 e. The van der Waals surface area contributed by atoms with Gasteiger partial charge in [0.2, 0.25) is 5.75 Å². The van der Waals surface area contributed by atoms with Crippen LogP contribution in [0.5, 0.6) is 5.75 Å². The minimum absolute atomic E-state index is 0.145. The van der Waals surface area contributed by atoms with Crippen LogP contribution in [0.1, 0.15) is 6.42 Å². The summed E-state index contributed by atoms with van der Waals surface area (Å²) < 4.78 is 5.10. The van der Waals surface area contributed by atoms with Gasteiger partial charge in [-0.05, 0) is 0 Å². The second kappa shape index (κ2) is 6.38. The normalized spacial score (nSPS) is 16.1. The number of carbonyl (C=O) groups is 1. The molecule has 0 aromatic carbocycles. The molecule has 1 aromatic rings. The number of piperazine rings is 1. The summed E-state index contributed by atoms with van der Waals surface area (Å²) in [7, 11) is 1.44. The van der Waals surface area contributed by atoms with E-state index in [0.29, 0.717) is 25.5 Å². The van der Waals surface area contributed by atoms with Gasteiger partial charge in [-0.3, -0.25) is 14.5 Å². The van der Waals surface area contributed by atoms with E-state index < -0.39 is 5.97 Å². The molecule has 0 aliphatic carbocycles. The maximum absolute atomic E-state index is 11.6. The number of methoxy groups -OCH3 is 1. The van der Waals surface area contributed by atoms with Crippen LogP contribution in [-0.4, -0.2) is 65.8 Å². The lowest BCUT2D eigenvalue weighted by molar-refractivity contribution is -0.137. The number of carboxylic acids is 1. The fourth-order valence-corrected chi connectivity index (χ4v) is 2.22. The van der Waals surface area contributed by atoms with Crippen molar-refractivity contribution in [3.05, 3.63) is 16.7 Å². The summed E-state index contributed by atoms with van der Waals surface area (Å²) in [5.41, 5.74) is -0.300. The van der Waals surface area contributed by atoms with Crippen LogP contribution < -0.4 is 15.2 Å². The summed E-state index contributed by atoms with van der Waals surface area (Å²) >= 11 is 0. The molecule has 0 amide bonds. The molecule has 0 spiro atoms. The molecule has 1 aliphatic heterocycles. The summed E-state index contributed by atoms with van der Waals surface area (Å²) in [6, 6.07) is 0.